The molecule has 1 aromatic heterocycles. The van der Waals surface area contributed by atoms with Gasteiger partial charge in [0.25, 0.3) is 0 Å². The van der Waals surface area contributed by atoms with E-state index in [0.717, 1.165) is 4.57 Å². The molecule has 2 aromatic rings. The number of alkyl halides is 2. The zero-order valence-electron chi connectivity index (χ0n) is 9.08. The van der Waals surface area contributed by atoms with E-state index in [-0.39, 0.29) is 12.4 Å². The lowest BCUT2D eigenvalue weighted by atomic mass is 10.3. The molecule has 1 aromatic carbocycles. The molecule has 0 bridgehead atoms. The van der Waals surface area contributed by atoms with Gasteiger partial charge in [-0.25, -0.2) is 4.98 Å². The van der Waals surface area contributed by atoms with E-state index < -0.39 is 6.55 Å². The Balaban J connectivity index is 2.11. The molecule has 0 spiro atoms. The van der Waals surface area contributed by atoms with Gasteiger partial charge >= 0.3 is 6.55 Å². The van der Waals surface area contributed by atoms with Crippen LogP contribution in [0.2, 0.25) is 10.0 Å². The fourth-order valence-corrected chi connectivity index (χ4v) is 1.82. The summed E-state index contributed by atoms with van der Waals surface area (Å²) in [5.41, 5.74) is 0.577. The van der Waals surface area contributed by atoms with Crippen LogP contribution in [0.25, 0.3) is 0 Å². The fourth-order valence-electron chi connectivity index (χ4n) is 1.47. The summed E-state index contributed by atoms with van der Waals surface area (Å²) in [6.07, 6.45) is 2.55. The quantitative estimate of drug-likeness (QED) is 0.915. The number of anilines is 1. The second-order valence-electron chi connectivity index (χ2n) is 3.51. The van der Waals surface area contributed by atoms with E-state index in [1.54, 1.807) is 18.2 Å². The second kappa shape index (κ2) is 5.54. The average Bonchev–Trinajstić information content (AvgIpc) is 2.79. The number of hydrogen-bond acceptors (Lipinski definition) is 2. The number of hydrogen-bond donors (Lipinski definition) is 1. The minimum absolute atomic E-state index is 0.136. The van der Waals surface area contributed by atoms with Crippen LogP contribution >= 0.6 is 23.2 Å². The first kappa shape index (κ1) is 13.1. The highest BCUT2D eigenvalue weighted by atomic mass is 35.5. The Hall–Kier alpha value is -1.33. The highest BCUT2D eigenvalue weighted by molar-refractivity contribution is 6.35. The zero-order chi connectivity index (χ0) is 13.1. The number of imidazole rings is 1. The van der Waals surface area contributed by atoms with Gasteiger partial charge in [0.1, 0.15) is 5.82 Å². The van der Waals surface area contributed by atoms with Crippen molar-refractivity contribution in [3.8, 4) is 0 Å². The van der Waals surface area contributed by atoms with Crippen molar-refractivity contribution >= 4 is 28.9 Å². The summed E-state index contributed by atoms with van der Waals surface area (Å²) >= 11 is 11.8. The van der Waals surface area contributed by atoms with Gasteiger partial charge < -0.3 is 5.32 Å². The number of halogens is 4. The molecule has 0 amide bonds. The highest BCUT2D eigenvalue weighted by Crippen LogP contribution is 2.26. The predicted octanol–water partition coefficient (Wildman–Crippen LogP) is 4.20. The van der Waals surface area contributed by atoms with E-state index >= 15 is 0 Å². The Morgan fingerprint density at radius 3 is 2.83 bits per heavy atom. The first-order valence-corrected chi connectivity index (χ1v) is 5.82. The third-order valence-corrected chi connectivity index (χ3v) is 2.89. The lowest BCUT2D eigenvalue weighted by molar-refractivity contribution is 0.0673. The molecule has 7 heteroatoms. The minimum atomic E-state index is -2.61. The zero-order valence-corrected chi connectivity index (χ0v) is 10.6. The van der Waals surface area contributed by atoms with Crippen LogP contribution in [0.4, 0.5) is 14.5 Å². The van der Waals surface area contributed by atoms with Crippen molar-refractivity contribution in [1.82, 2.24) is 9.55 Å². The Morgan fingerprint density at radius 2 is 2.11 bits per heavy atom. The molecule has 0 saturated carbocycles. The van der Waals surface area contributed by atoms with E-state index in [0.29, 0.717) is 15.7 Å². The van der Waals surface area contributed by atoms with E-state index in [1.807, 2.05) is 0 Å². The Kier molecular flexibility index (Phi) is 4.04. The molecule has 0 aliphatic carbocycles. The topological polar surface area (TPSA) is 29.9 Å². The Labute approximate surface area is 112 Å². The number of rotatable bonds is 4. The summed E-state index contributed by atoms with van der Waals surface area (Å²) in [4.78, 5) is 3.85. The van der Waals surface area contributed by atoms with Crippen LogP contribution in [-0.4, -0.2) is 9.55 Å². The molecule has 0 fully saturated rings. The summed E-state index contributed by atoms with van der Waals surface area (Å²) < 4.78 is 25.9. The van der Waals surface area contributed by atoms with Crippen LogP contribution in [0.5, 0.6) is 0 Å². The third kappa shape index (κ3) is 2.91. The van der Waals surface area contributed by atoms with Crippen molar-refractivity contribution in [2.75, 3.05) is 5.32 Å². The molecule has 0 radical (unpaired) electrons. The molecule has 18 heavy (non-hydrogen) atoms. The Morgan fingerprint density at radius 1 is 1.33 bits per heavy atom. The predicted molar refractivity (Wildman–Crippen MR) is 67.3 cm³/mol. The maximum Gasteiger partial charge on any atom is 0.319 e. The van der Waals surface area contributed by atoms with Crippen LogP contribution in [0, 0.1) is 0 Å². The van der Waals surface area contributed by atoms with Gasteiger partial charge in [0.05, 0.1) is 17.3 Å². The van der Waals surface area contributed by atoms with Gasteiger partial charge in [-0.2, -0.15) is 8.78 Å². The summed E-state index contributed by atoms with van der Waals surface area (Å²) in [5.74, 6) is 0.223. The molecule has 0 saturated heterocycles. The van der Waals surface area contributed by atoms with E-state index in [4.69, 9.17) is 23.2 Å². The van der Waals surface area contributed by atoms with Gasteiger partial charge in [0.15, 0.2) is 0 Å². The molecule has 0 aliphatic rings. The molecular formula is C11H9Cl2F2N3. The monoisotopic (exact) mass is 291 g/mol. The van der Waals surface area contributed by atoms with Gasteiger partial charge in [0, 0.05) is 17.4 Å². The third-order valence-electron chi connectivity index (χ3n) is 2.32. The summed E-state index contributed by atoms with van der Waals surface area (Å²) in [7, 11) is 0. The summed E-state index contributed by atoms with van der Waals surface area (Å²) in [5, 5.41) is 3.90. The van der Waals surface area contributed by atoms with Crippen LogP contribution in [-0.2, 0) is 6.54 Å². The smallest absolute Gasteiger partial charge is 0.319 e. The van der Waals surface area contributed by atoms with Crippen molar-refractivity contribution in [1.29, 1.82) is 0 Å². The number of nitrogens with one attached hydrogen (secondary N) is 1. The lowest BCUT2D eigenvalue weighted by Crippen LogP contribution is -2.09. The molecule has 0 unspecified atom stereocenters. The molecule has 0 aliphatic heterocycles. The highest BCUT2D eigenvalue weighted by Gasteiger charge is 2.11. The standard InChI is InChI=1S/C11H9Cl2F2N3/c12-7-1-2-8(13)9(5-7)17-6-10-16-3-4-18(10)11(14)15/h1-5,11,17H,6H2. The van der Waals surface area contributed by atoms with Gasteiger partial charge in [-0.3, -0.25) is 4.57 Å². The molecule has 0 atom stereocenters. The normalized spacial score (nSPS) is 10.9. The van der Waals surface area contributed by atoms with Gasteiger partial charge in [-0.1, -0.05) is 23.2 Å². The van der Waals surface area contributed by atoms with Crippen LogP contribution in [0.3, 0.4) is 0 Å². The van der Waals surface area contributed by atoms with Crippen molar-refractivity contribution in [2.45, 2.75) is 13.1 Å². The summed E-state index contributed by atoms with van der Waals surface area (Å²) in [6.45, 7) is -2.48. The van der Waals surface area contributed by atoms with Crippen molar-refractivity contribution in [2.24, 2.45) is 0 Å². The van der Waals surface area contributed by atoms with Crippen LogP contribution < -0.4 is 5.32 Å². The largest absolute Gasteiger partial charge is 0.377 e. The van der Waals surface area contributed by atoms with Crippen LogP contribution in [0.1, 0.15) is 12.4 Å². The molecule has 96 valence electrons. The maximum atomic E-state index is 12.6. The molecule has 3 nitrogen and oxygen atoms in total. The van der Waals surface area contributed by atoms with Crippen LogP contribution in [0.15, 0.2) is 30.6 Å². The summed E-state index contributed by atoms with van der Waals surface area (Å²) in [6, 6.07) is 4.90. The average molecular weight is 292 g/mol. The van der Waals surface area contributed by atoms with E-state index in [9.17, 15) is 8.78 Å². The van der Waals surface area contributed by atoms with Gasteiger partial charge in [0.2, 0.25) is 0 Å². The molecular weight excluding hydrogens is 283 g/mol. The van der Waals surface area contributed by atoms with E-state index in [1.165, 1.54) is 12.4 Å². The molecule has 2 rings (SSSR count). The SMILES string of the molecule is FC(F)n1ccnc1CNc1cc(Cl)ccc1Cl. The van der Waals surface area contributed by atoms with Crippen molar-refractivity contribution in [3.63, 3.8) is 0 Å². The van der Waals surface area contributed by atoms with Gasteiger partial charge in [-0.15, -0.1) is 0 Å². The number of nitrogens with zero attached hydrogens (tertiary/aromatic N) is 2. The first-order chi connectivity index (χ1) is 8.58. The van der Waals surface area contributed by atoms with Crippen molar-refractivity contribution < 1.29 is 8.78 Å². The Bertz CT molecular complexity index is 543. The van der Waals surface area contributed by atoms with Gasteiger partial charge in [-0.05, 0) is 18.2 Å². The number of aromatic nitrogens is 2. The van der Waals surface area contributed by atoms with E-state index in [2.05, 4.69) is 10.3 Å². The molecule has 1 heterocycles. The fraction of sp³-hybridized carbons (Fsp3) is 0.182. The maximum absolute atomic E-state index is 12.6. The first-order valence-electron chi connectivity index (χ1n) is 5.06. The second-order valence-corrected chi connectivity index (χ2v) is 4.35. The number of benzene rings is 1. The molecule has 1 N–H and O–H groups in total. The lowest BCUT2D eigenvalue weighted by Gasteiger charge is -2.10. The minimum Gasteiger partial charge on any atom is -0.377 e. The van der Waals surface area contributed by atoms with Crippen molar-refractivity contribution in [3.05, 3.63) is 46.5 Å².